The van der Waals surface area contributed by atoms with Crippen molar-refractivity contribution in [3.8, 4) is 0 Å². The van der Waals surface area contributed by atoms with E-state index in [4.69, 9.17) is 0 Å². The summed E-state index contributed by atoms with van der Waals surface area (Å²) < 4.78 is 30.5. The smallest absolute Gasteiger partial charge is 0.265 e. The maximum absolute atomic E-state index is 12.3. The van der Waals surface area contributed by atoms with E-state index in [1.54, 1.807) is 23.3 Å². The van der Waals surface area contributed by atoms with Crippen molar-refractivity contribution < 1.29 is 8.42 Å². The molecular formula is C12H19N5O2S. The highest BCUT2D eigenvalue weighted by Crippen LogP contribution is 2.22. The minimum absolute atomic E-state index is 0.112. The first kappa shape index (κ1) is 14.6. The standard InChI is InChI=1S/C12H19N5O2S/c1-8(2)17-7-11(6-13-17)20(18,19)15-12-9(3)14-16(5)10(12)4/h6-8,15H,1-5H3. The quantitative estimate of drug-likeness (QED) is 0.929. The van der Waals surface area contributed by atoms with Gasteiger partial charge in [0.1, 0.15) is 4.90 Å². The number of aromatic nitrogens is 4. The van der Waals surface area contributed by atoms with Gasteiger partial charge in [0.25, 0.3) is 10.0 Å². The molecule has 1 N–H and O–H groups in total. The molecule has 2 rings (SSSR count). The molecule has 0 radical (unpaired) electrons. The number of hydrogen-bond donors (Lipinski definition) is 1. The van der Waals surface area contributed by atoms with E-state index in [2.05, 4.69) is 14.9 Å². The molecule has 0 spiro atoms. The summed E-state index contributed by atoms with van der Waals surface area (Å²) >= 11 is 0. The Kier molecular flexibility index (Phi) is 3.59. The van der Waals surface area contributed by atoms with Gasteiger partial charge in [0.15, 0.2) is 0 Å². The molecule has 0 aromatic carbocycles. The molecule has 20 heavy (non-hydrogen) atoms. The van der Waals surface area contributed by atoms with Crippen LogP contribution in [0.15, 0.2) is 17.3 Å². The van der Waals surface area contributed by atoms with Crippen LogP contribution in [0.3, 0.4) is 0 Å². The first-order valence-corrected chi connectivity index (χ1v) is 7.78. The van der Waals surface area contributed by atoms with E-state index in [9.17, 15) is 8.42 Å². The van der Waals surface area contributed by atoms with Crippen LogP contribution in [0.25, 0.3) is 0 Å². The summed E-state index contributed by atoms with van der Waals surface area (Å²) in [5.74, 6) is 0. The number of nitrogens with zero attached hydrogens (tertiary/aromatic N) is 4. The van der Waals surface area contributed by atoms with Gasteiger partial charge in [-0.25, -0.2) is 8.42 Å². The Morgan fingerprint density at radius 3 is 2.40 bits per heavy atom. The lowest BCUT2D eigenvalue weighted by Crippen LogP contribution is -2.13. The highest BCUT2D eigenvalue weighted by molar-refractivity contribution is 7.92. The van der Waals surface area contributed by atoms with Gasteiger partial charge < -0.3 is 0 Å². The summed E-state index contributed by atoms with van der Waals surface area (Å²) in [5.41, 5.74) is 1.93. The van der Waals surface area contributed by atoms with Gasteiger partial charge in [0.05, 0.1) is 23.3 Å². The van der Waals surface area contributed by atoms with Crippen LogP contribution < -0.4 is 4.72 Å². The van der Waals surface area contributed by atoms with Gasteiger partial charge in [0, 0.05) is 19.3 Å². The van der Waals surface area contributed by atoms with Gasteiger partial charge >= 0.3 is 0 Å². The maximum atomic E-state index is 12.3. The number of aryl methyl sites for hydroxylation is 2. The van der Waals surface area contributed by atoms with Gasteiger partial charge in [0.2, 0.25) is 0 Å². The molecule has 0 saturated carbocycles. The van der Waals surface area contributed by atoms with E-state index in [1.165, 1.54) is 12.4 Å². The van der Waals surface area contributed by atoms with Crippen molar-refractivity contribution in [3.05, 3.63) is 23.8 Å². The summed E-state index contributed by atoms with van der Waals surface area (Å²) in [6.45, 7) is 7.45. The van der Waals surface area contributed by atoms with E-state index in [-0.39, 0.29) is 10.9 Å². The molecule has 0 saturated heterocycles. The number of anilines is 1. The molecule has 0 aliphatic rings. The summed E-state index contributed by atoms with van der Waals surface area (Å²) in [6.07, 6.45) is 2.87. The second kappa shape index (κ2) is 4.93. The molecule has 110 valence electrons. The van der Waals surface area contributed by atoms with E-state index < -0.39 is 10.0 Å². The van der Waals surface area contributed by atoms with Crippen molar-refractivity contribution in [1.29, 1.82) is 0 Å². The minimum Gasteiger partial charge on any atom is -0.276 e. The number of nitrogens with one attached hydrogen (secondary N) is 1. The van der Waals surface area contributed by atoms with Crippen LogP contribution in [0.1, 0.15) is 31.3 Å². The molecule has 8 heteroatoms. The van der Waals surface area contributed by atoms with Crippen molar-refractivity contribution in [3.63, 3.8) is 0 Å². The van der Waals surface area contributed by atoms with Crippen molar-refractivity contribution in [2.45, 2.75) is 38.6 Å². The zero-order valence-electron chi connectivity index (χ0n) is 12.2. The van der Waals surface area contributed by atoms with Crippen molar-refractivity contribution in [2.75, 3.05) is 4.72 Å². The predicted octanol–water partition coefficient (Wildman–Crippen LogP) is 1.62. The Bertz CT molecular complexity index is 727. The van der Waals surface area contributed by atoms with Gasteiger partial charge in [-0.1, -0.05) is 0 Å². The maximum Gasteiger partial charge on any atom is 0.265 e. The molecule has 2 heterocycles. The summed E-state index contributed by atoms with van der Waals surface area (Å²) in [4.78, 5) is 0.147. The summed E-state index contributed by atoms with van der Waals surface area (Å²) in [5, 5.41) is 8.24. The van der Waals surface area contributed by atoms with Gasteiger partial charge in [-0.2, -0.15) is 10.2 Å². The van der Waals surface area contributed by atoms with Crippen LogP contribution in [0.4, 0.5) is 5.69 Å². The van der Waals surface area contributed by atoms with Gasteiger partial charge in [-0.3, -0.25) is 14.1 Å². The van der Waals surface area contributed by atoms with Crippen LogP contribution in [0.5, 0.6) is 0 Å². The van der Waals surface area contributed by atoms with E-state index in [0.29, 0.717) is 11.4 Å². The predicted molar refractivity (Wildman–Crippen MR) is 76.1 cm³/mol. The molecule has 0 unspecified atom stereocenters. The van der Waals surface area contributed by atoms with Crippen LogP contribution >= 0.6 is 0 Å². The first-order chi connectivity index (χ1) is 9.22. The fourth-order valence-corrected chi connectivity index (χ4v) is 2.97. The lowest BCUT2D eigenvalue weighted by atomic mass is 10.3. The van der Waals surface area contributed by atoms with Crippen molar-refractivity contribution in [1.82, 2.24) is 19.6 Å². The van der Waals surface area contributed by atoms with Crippen LogP contribution in [-0.4, -0.2) is 28.0 Å². The molecule has 0 aliphatic carbocycles. The highest BCUT2D eigenvalue weighted by atomic mass is 32.2. The zero-order chi connectivity index (χ0) is 15.1. The lowest BCUT2D eigenvalue weighted by molar-refractivity contribution is 0.531. The third-order valence-electron chi connectivity index (χ3n) is 3.16. The lowest BCUT2D eigenvalue weighted by Gasteiger charge is -2.07. The van der Waals surface area contributed by atoms with Gasteiger partial charge in [-0.05, 0) is 27.7 Å². The first-order valence-electron chi connectivity index (χ1n) is 6.29. The number of rotatable bonds is 4. The van der Waals surface area contributed by atoms with E-state index in [1.807, 2.05) is 20.8 Å². The second-order valence-electron chi connectivity index (χ2n) is 5.02. The van der Waals surface area contributed by atoms with E-state index >= 15 is 0 Å². The van der Waals surface area contributed by atoms with Crippen molar-refractivity contribution >= 4 is 15.7 Å². The molecule has 0 bridgehead atoms. The second-order valence-corrected chi connectivity index (χ2v) is 6.71. The Morgan fingerprint density at radius 2 is 1.95 bits per heavy atom. The van der Waals surface area contributed by atoms with Crippen molar-refractivity contribution in [2.24, 2.45) is 7.05 Å². The zero-order valence-corrected chi connectivity index (χ0v) is 13.1. The minimum atomic E-state index is -3.64. The Labute approximate surface area is 118 Å². The number of hydrogen-bond acceptors (Lipinski definition) is 4. The van der Waals surface area contributed by atoms with Crippen LogP contribution in [0, 0.1) is 13.8 Å². The largest absolute Gasteiger partial charge is 0.276 e. The third-order valence-corrected chi connectivity index (χ3v) is 4.47. The van der Waals surface area contributed by atoms with Crippen LogP contribution in [0.2, 0.25) is 0 Å². The Hall–Kier alpha value is -1.83. The topological polar surface area (TPSA) is 81.8 Å². The normalized spacial score (nSPS) is 12.1. The molecule has 0 fully saturated rings. The average Bonchev–Trinajstić information content (AvgIpc) is 2.92. The third kappa shape index (κ3) is 2.55. The summed E-state index contributed by atoms with van der Waals surface area (Å²) in [7, 11) is -1.87. The number of sulfonamides is 1. The summed E-state index contributed by atoms with van der Waals surface area (Å²) in [6, 6.07) is 0.112. The molecule has 7 nitrogen and oxygen atoms in total. The van der Waals surface area contributed by atoms with E-state index in [0.717, 1.165) is 5.69 Å². The Morgan fingerprint density at radius 1 is 1.30 bits per heavy atom. The molecule has 0 amide bonds. The fourth-order valence-electron chi connectivity index (χ4n) is 1.86. The monoisotopic (exact) mass is 297 g/mol. The fraction of sp³-hybridized carbons (Fsp3) is 0.500. The molecular weight excluding hydrogens is 278 g/mol. The molecule has 2 aromatic rings. The van der Waals surface area contributed by atoms with Crippen LogP contribution in [-0.2, 0) is 17.1 Å². The molecule has 0 atom stereocenters. The Balaban J connectivity index is 2.35. The molecule has 2 aromatic heterocycles. The average molecular weight is 297 g/mol. The highest BCUT2D eigenvalue weighted by Gasteiger charge is 2.21. The molecule has 0 aliphatic heterocycles. The van der Waals surface area contributed by atoms with Gasteiger partial charge in [-0.15, -0.1) is 0 Å². The SMILES string of the molecule is Cc1nn(C)c(C)c1NS(=O)(=O)c1cnn(C(C)C)c1.